The maximum atomic E-state index is 10.4. The Hall–Kier alpha value is -0.550. The molecule has 0 amide bonds. The molecule has 0 spiro atoms. The van der Waals surface area contributed by atoms with E-state index in [1.54, 1.807) is 0 Å². The maximum Gasteiger partial charge on any atom is 0.239 e. The standard InChI is InChI=1S/C4H4ClNO3S/c5-10(7,8)2-4-1-6-3-9-4/h1,3H,2H2. The fourth-order valence-corrected chi connectivity index (χ4v) is 1.29. The first-order valence-electron chi connectivity index (χ1n) is 2.37. The van der Waals surface area contributed by atoms with Crippen molar-refractivity contribution >= 4 is 19.7 Å². The van der Waals surface area contributed by atoms with Crippen LogP contribution in [-0.4, -0.2) is 13.4 Å². The normalized spacial score (nSPS) is 11.7. The molecule has 10 heavy (non-hydrogen) atoms. The first-order chi connectivity index (χ1) is 4.58. The van der Waals surface area contributed by atoms with E-state index in [0.29, 0.717) is 0 Å². The summed E-state index contributed by atoms with van der Waals surface area (Å²) in [5.41, 5.74) is 0. The molecule has 0 aliphatic rings. The van der Waals surface area contributed by atoms with Crippen LogP contribution in [0, 0.1) is 0 Å². The molecule has 6 heteroatoms. The number of aromatic nitrogens is 1. The van der Waals surface area contributed by atoms with Crippen molar-refractivity contribution in [2.24, 2.45) is 0 Å². The van der Waals surface area contributed by atoms with Crippen LogP contribution in [0.25, 0.3) is 0 Å². The lowest BCUT2D eigenvalue weighted by molar-refractivity contribution is 0.517. The molecule has 0 N–H and O–H groups in total. The highest BCUT2D eigenvalue weighted by molar-refractivity contribution is 8.13. The predicted molar refractivity (Wildman–Crippen MR) is 35.0 cm³/mol. The van der Waals surface area contributed by atoms with Crippen molar-refractivity contribution in [1.82, 2.24) is 4.98 Å². The van der Waals surface area contributed by atoms with Gasteiger partial charge in [0.1, 0.15) is 11.5 Å². The molecule has 0 fully saturated rings. The van der Waals surface area contributed by atoms with E-state index in [1.807, 2.05) is 0 Å². The van der Waals surface area contributed by atoms with Gasteiger partial charge in [0.05, 0.1) is 6.20 Å². The summed E-state index contributed by atoms with van der Waals surface area (Å²) in [6.45, 7) is 0. The minimum absolute atomic E-state index is 0.245. The lowest BCUT2D eigenvalue weighted by atomic mass is 10.6. The number of oxazole rings is 1. The Kier molecular flexibility index (Phi) is 1.96. The Bertz CT molecular complexity index is 290. The summed E-state index contributed by atoms with van der Waals surface area (Å²) in [4.78, 5) is 3.52. The van der Waals surface area contributed by atoms with Crippen molar-refractivity contribution in [3.8, 4) is 0 Å². The van der Waals surface area contributed by atoms with Crippen molar-refractivity contribution in [2.75, 3.05) is 0 Å². The van der Waals surface area contributed by atoms with Gasteiger partial charge in [-0.2, -0.15) is 0 Å². The smallest absolute Gasteiger partial charge is 0.239 e. The summed E-state index contributed by atoms with van der Waals surface area (Å²) in [6, 6.07) is 0. The van der Waals surface area contributed by atoms with Crippen LogP contribution in [0.3, 0.4) is 0 Å². The highest BCUT2D eigenvalue weighted by Gasteiger charge is 2.08. The van der Waals surface area contributed by atoms with E-state index in [1.165, 1.54) is 6.20 Å². The van der Waals surface area contributed by atoms with Crippen LogP contribution in [0.4, 0.5) is 0 Å². The second kappa shape index (κ2) is 2.59. The molecule has 0 atom stereocenters. The topological polar surface area (TPSA) is 60.2 Å². The van der Waals surface area contributed by atoms with Gasteiger partial charge in [0.15, 0.2) is 6.39 Å². The molecule has 1 heterocycles. The molecule has 1 aromatic heterocycles. The van der Waals surface area contributed by atoms with E-state index in [9.17, 15) is 8.42 Å². The van der Waals surface area contributed by atoms with Crippen LogP contribution >= 0.6 is 10.7 Å². The van der Waals surface area contributed by atoms with Crippen LogP contribution < -0.4 is 0 Å². The molecule has 56 valence electrons. The summed E-state index contributed by atoms with van der Waals surface area (Å²) in [7, 11) is 1.40. The van der Waals surface area contributed by atoms with Crippen LogP contribution in [0.1, 0.15) is 5.76 Å². The first kappa shape index (κ1) is 7.56. The monoisotopic (exact) mass is 181 g/mol. The molecule has 0 aliphatic heterocycles. The number of halogens is 1. The molecular weight excluding hydrogens is 178 g/mol. The van der Waals surface area contributed by atoms with Crippen LogP contribution in [0.2, 0.25) is 0 Å². The van der Waals surface area contributed by atoms with Crippen LogP contribution in [0.5, 0.6) is 0 Å². The van der Waals surface area contributed by atoms with Crippen LogP contribution in [-0.2, 0) is 14.8 Å². The van der Waals surface area contributed by atoms with Gasteiger partial charge in [0.2, 0.25) is 9.05 Å². The minimum atomic E-state index is -3.51. The molecule has 1 rings (SSSR count). The highest BCUT2D eigenvalue weighted by atomic mass is 35.7. The predicted octanol–water partition coefficient (Wildman–Crippen LogP) is 0.743. The van der Waals surface area contributed by atoms with E-state index < -0.39 is 9.05 Å². The van der Waals surface area contributed by atoms with Crippen molar-refractivity contribution in [3.63, 3.8) is 0 Å². The second-order valence-corrected chi connectivity index (χ2v) is 4.43. The van der Waals surface area contributed by atoms with E-state index in [-0.39, 0.29) is 11.5 Å². The number of nitrogens with zero attached hydrogens (tertiary/aromatic N) is 1. The molecule has 4 nitrogen and oxygen atoms in total. The zero-order valence-electron chi connectivity index (χ0n) is 4.82. The van der Waals surface area contributed by atoms with Crippen molar-refractivity contribution in [3.05, 3.63) is 18.4 Å². The van der Waals surface area contributed by atoms with Gasteiger partial charge in [-0.25, -0.2) is 13.4 Å². The molecule has 0 saturated carbocycles. The molecule has 0 unspecified atom stereocenters. The largest absolute Gasteiger partial charge is 0.447 e. The second-order valence-electron chi connectivity index (χ2n) is 1.65. The average molecular weight is 182 g/mol. The Morgan fingerprint density at radius 2 is 2.40 bits per heavy atom. The Balaban J connectivity index is 2.75. The van der Waals surface area contributed by atoms with Gasteiger partial charge in [-0.15, -0.1) is 0 Å². The van der Waals surface area contributed by atoms with Crippen molar-refractivity contribution in [2.45, 2.75) is 5.75 Å². The highest BCUT2D eigenvalue weighted by Crippen LogP contribution is 2.07. The number of hydrogen-bond donors (Lipinski definition) is 0. The first-order valence-corrected chi connectivity index (χ1v) is 4.85. The minimum Gasteiger partial charge on any atom is -0.447 e. The van der Waals surface area contributed by atoms with Crippen molar-refractivity contribution < 1.29 is 12.8 Å². The summed E-state index contributed by atoms with van der Waals surface area (Å²) in [5.74, 6) is -0.0656. The molecular formula is C4H4ClNO3S. The van der Waals surface area contributed by atoms with E-state index in [4.69, 9.17) is 10.7 Å². The number of hydrogen-bond acceptors (Lipinski definition) is 4. The third-order valence-corrected chi connectivity index (χ3v) is 1.75. The average Bonchev–Trinajstić information content (AvgIpc) is 2.12. The third kappa shape index (κ3) is 2.36. The molecule has 0 saturated heterocycles. The molecule has 1 aromatic rings. The van der Waals surface area contributed by atoms with Gasteiger partial charge in [-0.3, -0.25) is 0 Å². The zero-order chi connectivity index (χ0) is 7.61. The molecule has 0 aromatic carbocycles. The summed E-state index contributed by atoms with van der Waals surface area (Å²) in [5, 5.41) is 0. The third-order valence-electron chi connectivity index (χ3n) is 0.798. The van der Waals surface area contributed by atoms with Gasteiger partial charge < -0.3 is 4.42 Å². The van der Waals surface area contributed by atoms with Crippen LogP contribution in [0.15, 0.2) is 17.0 Å². The maximum absolute atomic E-state index is 10.4. The lowest BCUT2D eigenvalue weighted by Gasteiger charge is -1.86. The van der Waals surface area contributed by atoms with Crippen molar-refractivity contribution in [1.29, 1.82) is 0 Å². The number of rotatable bonds is 2. The van der Waals surface area contributed by atoms with Gasteiger partial charge in [-0.1, -0.05) is 0 Å². The Labute approximate surface area is 62.2 Å². The molecule has 0 bridgehead atoms. The van der Waals surface area contributed by atoms with Gasteiger partial charge in [0, 0.05) is 10.7 Å². The fraction of sp³-hybridized carbons (Fsp3) is 0.250. The quantitative estimate of drug-likeness (QED) is 0.632. The van der Waals surface area contributed by atoms with E-state index in [0.717, 1.165) is 6.39 Å². The van der Waals surface area contributed by atoms with Gasteiger partial charge in [-0.05, 0) is 0 Å². The Morgan fingerprint density at radius 3 is 2.80 bits per heavy atom. The molecule has 0 aliphatic carbocycles. The molecule has 0 radical (unpaired) electrons. The van der Waals surface area contributed by atoms with E-state index in [2.05, 4.69) is 9.40 Å². The Morgan fingerprint density at radius 1 is 1.70 bits per heavy atom. The zero-order valence-corrected chi connectivity index (χ0v) is 6.39. The summed E-state index contributed by atoms with van der Waals surface area (Å²) < 4.78 is 25.4. The lowest BCUT2D eigenvalue weighted by Crippen LogP contribution is -1.92. The SMILES string of the molecule is O=S(=O)(Cl)Cc1cnco1. The fourth-order valence-electron chi connectivity index (χ4n) is 0.483. The summed E-state index contributed by atoms with van der Waals surface area (Å²) >= 11 is 0. The summed E-state index contributed by atoms with van der Waals surface area (Å²) in [6.07, 6.45) is 2.46. The van der Waals surface area contributed by atoms with E-state index >= 15 is 0 Å². The van der Waals surface area contributed by atoms with Gasteiger partial charge >= 0.3 is 0 Å². The van der Waals surface area contributed by atoms with Gasteiger partial charge in [0.25, 0.3) is 0 Å².